The summed E-state index contributed by atoms with van der Waals surface area (Å²) in [6.07, 6.45) is 0. The Labute approximate surface area is 70.0 Å². The maximum atomic E-state index is 12.9. The minimum atomic E-state index is -0.509. The Bertz CT molecular complexity index is 307. The number of hydrogen-bond acceptors (Lipinski definition) is 2. The third-order valence-corrected chi connectivity index (χ3v) is 1.56. The fraction of sp³-hybridized carbons (Fsp3) is 0.222. The molecule has 0 amide bonds. The first-order chi connectivity index (χ1) is 5.65. The molecule has 0 saturated heterocycles. The van der Waals surface area contributed by atoms with Crippen LogP contribution in [0.2, 0.25) is 0 Å². The lowest BCUT2D eigenvalue weighted by Crippen LogP contribution is -1.94. The van der Waals surface area contributed by atoms with Gasteiger partial charge in [0.05, 0.1) is 7.11 Å². The van der Waals surface area contributed by atoms with Crippen molar-refractivity contribution in [3.05, 3.63) is 29.6 Å². The van der Waals surface area contributed by atoms with Crippen LogP contribution in [0.1, 0.15) is 17.3 Å². The van der Waals surface area contributed by atoms with Crippen molar-refractivity contribution in [1.29, 1.82) is 0 Å². The summed E-state index contributed by atoms with van der Waals surface area (Å²) in [4.78, 5) is 10.8. The van der Waals surface area contributed by atoms with Crippen LogP contribution in [-0.2, 0) is 0 Å². The van der Waals surface area contributed by atoms with Crippen molar-refractivity contribution in [1.82, 2.24) is 0 Å². The molecule has 1 aromatic carbocycles. The van der Waals surface area contributed by atoms with Crippen molar-refractivity contribution in [3.63, 3.8) is 0 Å². The topological polar surface area (TPSA) is 26.3 Å². The highest BCUT2D eigenvalue weighted by Crippen LogP contribution is 2.17. The Kier molecular flexibility index (Phi) is 2.43. The van der Waals surface area contributed by atoms with Crippen LogP contribution < -0.4 is 4.74 Å². The fourth-order valence-corrected chi connectivity index (χ4v) is 0.885. The van der Waals surface area contributed by atoms with Crippen LogP contribution in [0.3, 0.4) is 0 Å². The number of ketones is 1. The average molecular weight is 167 g/mol. The first-order valence-corrected chi connectivity index (χ1v) is 3.49. The van der Waals surface area contributed by atoms with Crippen molar-refractivity contribution in [3.8, 4) is 5.75 Å². The van der Waals surface area contributed by atoms with Gasteiger partial charge >= 0.3 is 0 Å². The predicted octanol–water partition coefficient (Wildman–Crippen LogP) is 2.04. The molecule has 3 heteroatoms. The van der Waals surface area contributed by atoms with Crippen molar-refractivity contribution >= 4 is 5.78 Å². The molecule has 0 aliphatic rings. The molecule has 0 atom stereocenters. The average Bonchev–Trinajstić information content (AvgIpc) is 2.04. The van der Waals surface area contributed by atoms with Crippen molar-refractivity contribution in [2.24, 2.45) is 0 Å². The van der Waals surface area contributed by atoms with Crippen LogP contribution in [0, 0.1) is 5.82 Å². The Morgan fingerprint density at radius 1 is 1.50 bits per heavy atom. The molecule has 0 aromatic heterocycles. The largest absolute Gasteiger partial charge is 0.494 e. The second kappa shape index (κ2) is 3.34. The molecule has 0 radical (unpaired) electrons. The molecule has 64 valence electrons. The van der Waals surface area contributed by atoms with Crippen molar-refractivity contribution in [2.45, 2.75) is 6.92 Å². The first kappa shape index (κ1) is 8.71. The molecule has 0 heterocycles. The van der Waals surface area contributed by atoms with Gasteiger partial charge in [0.25, 0.3) is 0 Å². The highest BCUT2D eigenvalue weighted by Gasteiger charge is 2.05. The van der Waals surface area contributed by atoms with Crippen molar-refractivity contribution < 1.29 is 13.9 Å². The minimum Gasteiger partial charge on any atom is -0.494 e. The van der Waals surface area contributed by atoms with Gasteiger partial charge in [0.15, 0.2) is 17.3 Å². The summed E-state index contributed by atoms with van der Waals surface area (Å²) in [6.45, 7) is 1.39. The fourth-order valence-electron chi connectivity index (χ4n) is 0.885. The van der Waals surface area contributed by atoms with Crippen LogP contribution in [0.5, 0.6) is 5.75 Å². The van der Waals surface area contributed by atoms with Gasteiger partial charge in [-0.15, -0.1) is 0 Å². The lowest BCUT2D eigenvalue weighted by atomic mass is 10.1. The van der Waals surface area contributed by atoms with Crippen LogP contribution in [-0.4, -0.2) is 12.9 Å². The number of methoxy groups -OCH3 is 1. The van der Waals surface area contributed by atoms with E-state index in [2.05, 4.69) is 0 Å². The lowest BCUT2D eigenvalue weighted by Gasteiger charge is -2.01. The summed E-state index contributed by atoms with van der Waals surface area (Å²) in [5, 5.41) is 0. The number of carbonyl (C=O) groups excluding carboxylic acids is 1. The van der Waals surface area contributed by atoms with Gasteiger partial charge in [0, 0.05) is 5.56 Å². The molecule has 1 aromatic rings. The van der Waals surface area contributed by atoms with E-state index in [1.54, 1.807) is 0 Å². The second-order valence-corrected chi connectivity index (χ2v) is 2.41. The number of ether oxygens (including phenoxy) is 1. The number of halogens is 1. The van der Waals surface area contributed by atoms with Crippen LogP contribution >= 0.6 is 0 Å². The van der Waals surface area contributed by atoms with Crippen molar-refractivity contribution in [2.75, 3.05) is 7.11 Å². The zero-order chi connectivity index (χ0) is 9.14. The van der Waals surface area contributed by atoms with E-state index in [0.717, 1.165) is 0 Å². The summed E-state index contributed by atoms with van der Waals surface area (Å²) in [5.41, 5.74) is 0.355. The molecule has 1 rings (SSSR count). The third-order valence-electron chi connectivity index (χ3n) is 1.56. The normalized spacial score (nSPS) is 9.58. The number of benzene rings is 1. The van der Waals surface area contributed by atoms with E-state index in [4.69, 9.17) is 4.74 Å². The van der Waals surface area contributed by atoms with Gasteiger partial charge in [-0.2, -0.15) is 0 Å². The number of hydrogen-bond donors (Lipinski definition) is 0. The summed E-state index contributed by atoms with van der Waals surface area (Å²) in [7, 11) is 1.38. The molecular weight excluding hydrogens is 158 g/mol. The standard InChI is InChI=1S/C9H9FO2/c1-6(11)7-3-4-9(12-2)8(10)5-7/h3-5H,1-2H3/i10-1. The molecule has 12 heavy (non-hydrogen) atoms. The lowest BCUT2D eigenvalue weighted by molar-refractivity contribution is 0.101. The summed E-state index contributed by atoms with van der Waals surface area (Å²) < 4.78 is 17.6. The number of rotatable bonds is 2. The van der Waals surface area contributed by atoms with Gasteiger partial charge in [-0.25, -0.2) is 4.39 Å². The highest BCUT2D eigenvalue weighted by molar-refractivity contribution is 5.94. The smallest absolute Gasteiger partial charge is 0.165 e. The second-order valence-electron chi connectivity index (χ2n) is 2.41. The molecule has 0 bridgehead atoms. The van der Waals surface area contributed by atoms with Gasteiger partial charge < -0.3 is 4.74 Å². The third kappa shape index (κ3) is 1.61. The summed E-state index contributed by atoms with van der Waals surface area (Å²) in [5.74, 6) is -0.512. The molecule has 0 spiro atoms. The van der Waals surface area contributed by atoms with Gasteiger partial charge in [-0.05, 0) is 25.1 Å². The Hall–Kier alpha value is -1.38. The number of carbonyl (C=O) groups is 1. The van der Waals surface area contributed by atoms with E-state index < -0.39 is 5.82 Å². The van der Waals surface area contributed by atoms with E-state index >= 15 is 0 Å². The van der Waals surface area contributed by atoms with E-state index in [1.165, 1.54) is 32.2 Å². The Morgan fingerprint density at radius 2 is 2.17 bits per heavy atom. The van der Waals surface area contributed by atoms with Crippen LogP contribution in [0.25, 0.3) is 0 Å². The van der Waals surface area contributed by atoms with Crippen LogP contribution in [0.15, 0.2) is 18.2 Å². The van der Waals surface area contributed by atoms with Gasteiger partial charge in [0.1, 0.15) is 0 Å². The highest BCUT2D eigenvalue weighted by atomic mass is 18.2. The maximum Gasteiger partial charge on any atom is 0.165 e. The first-order valence-electron chi connectivity index (χ1n) is 3.49. The molecule has 0 fully saturated rings. The number of Topliss-reactive ketones (excluding diaryl/α,β-unsaturated/α-hetero) is 1. The predicted molar refractivity (Wildman–Crippen MR) is 43.0 cm³/mol. The molecule has 0 N–H and O–H groups in total. The Balaban J connectivity index is 3.10. The Morgan fingerprint density at radius 3 is 2.58 bits per heavy atom. The van der Waals surface area contributed by atoms with E-state index in [0.29, 0.717) is 5.56 Å². The van der Waals surface area contributed by atoms with Gasteiger partial charge in [-0.1, -0.05) is 0 Å². The minimum absolute atomic E-state index is 0.153. The zero-order valence-electron chi connectivity index (χ0n) is 6.93. The van der Waals surface area contributed by atoms with E-state index in [-0.39, 0.29) is 11.5 Å². The molecule has 0 saturated carbocycles. The molecule has 0 aliphatic heterocycles. The SMILES string of the molecule is COc1ccc(C(C)=O)cc1[18F]. The van der Waals surface area contributed by atoms with Crippen LogP contribution in [0.4, 0.5) is 4.39 Å². The zero-order valence-corrected chi connectivity index (χ0v) is 6.93. The quantitative estimate of drug-likeness (QED) is 0.630. The summed E-state index contributed by atoms with van der Waals surface area (Å²) >= 11 is 0. The van der Waals surface area contributed by atoms with E-state index in [9.17, 15) is 9.18 Å². The van der Waals surface area contributed by atoms with Gasteiger partial charge in [-0.3, -0.25) is 4.79 Å². The van der Waals surface area contributed by atoms with E-state index in [1.807, 2.05) is 0 Å². The molecular formula is C9H9FO2. The monoisotopic (exact) mass is 167 g/mol. The maximum absolute atomic E-state index is 12.9. The molecule has 0 aliphatic carbocycles. The molecule has 2 nitrogen and oxygen atoms in total. The van der Waals surface area contributed by atoms with Gasteiger partial charge in [0.2, 0.25) is 0 Å². The molecule has 0 unspecified atom stereocenters. The summed E-state index contributed by atoms with van der Waals surface area (Å²) in [6, 6.07) is 4.14.